The summed E-state index contributed by atoms with van der Waals surface area (Å²) >= 11 is 1.53. The summed E-state index contributed by atoms with van der Waals surface area (Å²) in [4.78, 5) is 34.5. The van der Waals surface area contributed by atoms with Crippen molar-refractivity contribution >= 4 is 49.9 Å². The standard InChI is InChI=1S/C22H24N4O2S/c1-5-23-21(24-18-10-7-16(8-11-18)14(3)27)26(6-2)22-25-19-12-9-17(15(4)28)13-20(19)29-22/h7-13H,5-6H2,1-4H3,(H,23,24). The first-order valence-corrected chi connectivity index (χ1v) is 10.4. The predicted octanol–water partition coefficient (Wildman–Crippen LogP) is 5.02. The Hall–Kier alpha value is -3.06. The van der Waals surface area contributed by atoms with E-state index >= 15 is 0 Å². The van der Waals surface area contributed by atoms with E-state index in [4.69, 9.17) is 4.98 Å². The van der Waals surface area contributed by atoms with Crippen LogP contribution in [0.25, 0.3) is 10.2 Å². The van der Waals surface area contributed by atoms with Gasteiger partial charge in [-0.1, -0.05) is 11.3 Å². The molecule has 0 unspecified atom stereocenters. The van der Waals surface area contributed by atoms with E-state index in [1.165, 1.54) is 11.3 Å². The Morgan fingerprint density at radius 2 is 1.69 bits per heavy atom. The van der Waals surface area contributed by atoms with Crippen molar-refractivity contribution in [3.05, 3.63) is 53.6 Å². The third kappa shape index (κ3) is 4.68. The van der Waals surface area contributed by atoms with Gasteiger partial charge in [0.2, 0.25) is 5.96 Å². The minimum atomic E-state index is 0.0357. The molecule has 0 spiro atoms. The lowest BCUT2D eigenvalue weighted by Gasteiger charge is -2.23. The maximum absolute atomic E-state index is 11.7. The van der Waals surface area contributed by atoms with Gasteiger partial charge >= 0.3 is 0 Å². The van der Waals surface area contributed by atoms with Crippen molar-refractivity contribution in [1.29, 1.82) is 0 Å². The predicted molar refractivity (Wildman–Crippen MR) is 121 cm³/mol. The van der Waals surface area contributed by atoms with Gasteiger partial charge in [0, 0.05) is 29.9 Å². The normalized spacial score (nSPS) is 11.5. The van der Waals surface area contributed by atoms with Crippen molar-refractivity contribution in [3.8, 4) is 0 Å². The first kappa shape index (κ1) is 20.7. The fourth-order valence-corrected chi connectivity index (χ4v) is 3.95. The SMILES string of the molecule is CCN=C(Nc1ccc(C(C)=O)cc1)N(CC)c1nc2ccc(C(C)=O)cc2s1. The lowest BCUT2D eigenvalue weighted by atomic mass is 10.1. The molecule has 0 radical (unpaired) electrons. The molecule has 7 heteroatoms. The molecule has 3 rings (SSSR count). The lowest BCUT2D eigenvalue weighted by molar-refractivity contribution is 0.100. The van der Waals surface area contributed by atoms with Crippen LogP contribution in [0.1, 0.15) is 48.4 Å². The molecule has 0 bridgehead atoms. The molecule has 6 nitrogen and oxygen atoms in total. The average Bonchev–Trinajstić information content (AvgIpc) is 3.11. The Morgan fingerprint density at radius 1 is 1.03 bits per heavy atom. The minimum Gasteiger partial charge on any atom is -0.326 e. The van der Waals surface area contributed by atoms with Gasteiger partial charge in [0.1, 0.15) is 0 Å². The number of anilines is 2. The van der Waals surface area contributed by atoms with Gasteiger partial charge in [-0.25, -0.2) is 4.98 Å². The number of aromatic nitrogens is 1. The van der Waals surface area contributed by atoms with E-state index < -0.39 is 0 Å². The van der Waals surface area contributed by atoms with Gasteiger partial charge in [0.05, 0.1) is 10.2 Å². The summed E-state index contributed by atoms with van der Waals surface area (Å²) in [6.07, 6.45) is 0. The van der Waals surface area contributed by atoms with Gasteiger partial charge in [-0.2, -0.15) is 0 Å². The molecular weight excluding hydrogens is 384 g/mol. The molecule has 0 atom stereocenters. The van der Waals surface area contributed by atoms with Gasteiger partial charge in [0.25, 0.3) is 0 Å². The number of benzene rings is 2. The molecule has 0 amide bonds. The highest BCUT2D eigenvalue weighted by Crippen LogP contribution is 2.30. The van der Waals surface area contributed by atoms with Crippen LogP contribution < -0.4 is 10.2 Å². The first-order chi connectivity index (χ1) is 13.9. The van der Waals surface area contributed by atoms with E-state index in [0.717, 1.165) is 21.0 Å². The van der Waals surface area contributed by atoms with E-state index in [9.17, 15) is 9.59 Å². The molecule has 1 aromatic heterocycles. The third-order valence-corrected chi connectivity index (χ3v) is 5.48. The second kappa shape index (κ2) is 8.96. The molecule has 0 aliphatic heterocycles. The van der Waals surface area contributed by atoms with Gasteiger partial charge < -0.3 is 5.32 Å². The first-order valence-electron chi connectivity index (χ1n) is 9.54. The average molecular weight is 409 g/mol. The molecule has 2 aromatic carbocycles. The topological polar surface area (TPSA) is 74.7 Å². The van der Waals surface area contributed by atoms with E-state index in [-0.39, 0.29) is 11.6 Å². The summed E-state index contributed by atoms with van der Waals surface area (Å²) < 4.78 is 0.966. The molecule has 0 saturated carbocycles. The zero-order valence-corrected chi connectivity index (χ0v) is 17.8. The van der Waals surface area contributed by atoms with Crippen molar-refractivity contribution in [3.63, 3.8) is 0 Å². The fourth-order valence-electron chi connectivity index (χ4n) is 2.88. The summed E-state index contributed by atoms with van der Waals surface area (Å²) in [5.74, 6) is 0.767. The van der Waals surface area contributed by atoms with Crippen LogP contribution in [-0.2, 0) is 0 Å². The van der Waals surface area contributed by atoms with Crippen LogP contribution in [0, 0.1) is 0 Å². The van der Waals surface area contributed by atoms with Crippen LogP contribution in [0.2, 0.25) is 0 Å². The Kier molecular flexibility index (Phi) is 6.39. The largest absolute Gasteiger partial charge is 0.326 e. The van der Waals surface area contributed by atoms with Crippen molar-refractivity contribution in [2.45, 2.75) is 27.7 Å². The number of rotatable bonds is 6. The van der Waals surface area contributed by atoms with Crippen LogP contribution in [0.15, 0.2) is 47.5 Å². The number of Topliss-reactive ketones (excluding diaryl/α,β-unsaturated/α-hetero) is 2. The second-order valence-electron chi connectivity index (χ2n) is 6.54. The highest BCUT2D eigenvalue weighted by molar-refractivity contribution is 7.22. The molecular formula is C22H24N4O2S. The van der Waals surface area contributed by atoms with Crippen LogP contribution in [0.4, 0.5) is 10.8 Å². The van der Waals surface area contributed by atoms with Gasteiger partial charge in [-0.3, -0.25) is 19.5 Å². The van der Waals surface area contributed by atoms with Crippen molar-refractivity contribution in [2.75, 3.05) is 23.3 Å². The van der Waals surface area contributed by atoms with Gasteiger partial charge in [-0.15, -0.1) is 0 Å². The summed E-state index contributed by atoms with van der Waals surface area (Å²) in [7, 11) is 0. The maximum atomic E-state index is 11.7. The Bertz CT molecular complexity index is 1070. The molecule has 0 aliphatic rings. The molecule has 1 N–H and O–H groups in total. The highest BCUT2D eigenvalue weighted by atomic mass is 32.1. The Morgan fingerprint density at radius 3 is 2.28 bits per heavy atom. The van der Waals surface area contributed by atoms with Crippen LogP contribution >= 0.6 is 11.3 Å². The van der Waals surface area contributed by atoms with Crippen LogP contribution in [0.5, 0.6) is 0 Å². The Balaban J connectivity index is 1.92. The summed E-state index contributed by atoms with van der Waals surface area (Å²) in [6.45, 7) is 8.43. The monoisotopic (exact) mass is 408 g/mol. The number of aliphatic imine (C=N–C) groups is 1. The lowest BCUT2D eigenvalue weighted by Crippen LogP contribution is -2.36. The molecule has 0 fully saturated rings. The van der Waals surface area contributed by atoms with E-state index in [0.29, 0.717) is 30.2 Å². The van der Waals surface area contributed by atoms with E-state index in [2.05, 4.69) is 10.3 Å². The molecule has 150 valence electrons. The quantitative estimate of drug-likeness (QED) is 0.352. The number of guanidine groups is 1. The number of hydrogen-bond acceptors (Lipinski definition) is 5. The summed E-state index contributed by atoms with van der Waals surface area (Å²) in [5, 5.41) is 4.16. The zero-order valence-electron chi connectivity index (χ0n) is 17.0. The molecule has 3 aromatic rings. The number of carbonyl (C=O) groups excluding carboxylic acids is 2. The second-order valence-corrected chi connectivity index (χ2v) is 7.54. The van der Waals surface area contributed by atoms with Gasteiger partial charge in [-0.05, 0) is 70.2 Å². The Labute approximate surface area is 174 Å². The van der Waals surface area contributed by atoms with E-state index in [1.807, 2.05) is 43.0 Å². The van der Waals surface area contributed by atoms with Crippen LogP contribution in [0.3, 0.4) is 0 Å². The molecule has 0 saturated heterocycles. The maximum Gasteiger partial charge on any atom is 0.204 e. The van der Waals surface area contributed by atoms with E-state index in [1.54, 1.807) is 32.0 Å². The minimum absolute atomic E-state index is 0.0357. The summed E-state index contributed by atoms with van der Waals surface area (Å²) in [6, 6.07) is 12.9. The highest BCUT2D eigenvalue weighted by Gasteiger charge is 2.17. The molecule has 29 heavy (non-hydrogen) atoms. The summed E-state index contributed by atoms with van der Waals surface area (Å²) in [5.41, 5.74) is 3.06. The number of hydrogen-bond donors (Lipinski definition) is 1. The number of thiazole rings is 1. The molecule has 0 aliphatic carbocycles. The third-order valence-electron chi connectivity index (χ3n) is 4.44. The number of ketones is 2. The van der Waals surface area contributed by atoms with Crippen LogP contribution in [-0.4, -0.2) is 35.6 Å². The number of nitrogens with one attached hydrogen (secondary N) is 1. The number of carbonyl (C=O) groups is 2. The fraction of sp³-hybridized carbons (Fsp3) is 0.273. The smallest absolute Gasteiger partial charge is 0.204 e. The van der Waals surface area contributed by atoms with Gasteiger partial charge in [0.15, 0.2) is 16.7 Å². The zero-order chi connectivity index (χ0) is 21.0. The number of nitrogens with zero attached hydrogens (tertiary/aromatic N) is 3. The van der Waals surface area contributed by atoms with Crippen molar-refractivity contribution < 1.29 is 9.59 Å². The van der Waals surface area contributed by atoms with Crippen molar-refractivity contribution in [1.82, 2.24) is 4.98 Å². The molecule has 1 heterocycles. The van der Waals surface area contributed by atoms with Crippen molar-refractivity contribution in [2.24, 2.45) is 4.99 Å². The number of fused-ring (bicyclic) bond motifs is 1.